The lowest BCUT2D eigenvalue weighted by atomic mass is 10.2. The van der Waals surface area contributed by atoms with E-state index in [4.69, 9.17) is 9.15 Å². The number of para-hydroxylation sites is 1. The van der Waals surface area contributed by atoms with Crippen LogP contribution >= 0.6 is 0 Å². The summed E-state index contributed by atoms with van der Waals surface area (Å²) in [4.78, 5) is 29.2. The Morgan fingerprint density at radius 3 is 2.53 bits per heavy atom. The third kappa shape index (κ3) is 4.46. The monoisotopic (exact) mass is 407 g/mol. The van der Waals surface area contributed by atoms with Gasteiger partial charge in [-0.1, -0.05) is 12.1 Å². The van der Waals surface area contributed by atoms with Crippen LogP contribution in [-0.2, 0) is 0 Å². The third-order valence-corrected chi connectivity index (χ3v) is 5.38. The number of amides is 1. The summed E-state index contributed by atoms with van der Waals surface area (Å²) in [6.07, 6.45) is 0. The van der Waals surface area contributed by atoms with Crippen LogP contribution in [0.3, 0.4) is 0 Å². The zero-order valence-electron chi connectivity index (χ0n) is 17.0. The summed E-state index contributed by atoms with van der Waals surface area (Å²) in [5, 5.41) is 3.33. The Morgan fingerprint density at radius 1 is 1.07 bits per heavy atom. The van der Waals surface area contributed by atoms with E-state index < -0.39 is 0 Å². The summed E-state index contributed by atoms with van der Waals surface area (Å²) in [5.41, 5.74) is 1.40. The molecule has 30 heavy (non-hydrogen) atoms. The summed E-state index contributed by atoms with van der Waals surface area (Å²) >= 11 is 0. The zero-order valence-corrected chi connectivity index (χ0v) is 17.0. The van der Waals surface area contributed by atoms with Gasteiger partial charge in [-0.2, -0.15) is 0 Å². The highest BCUT2D eigenvalue weighted by atomic mass is 16.5. The van der Waals surface area contributed by atoms with Gasteiger partial charge < -0.3 is 19.4 Å². The first-order valence-corrected chi connectivity index (χ1v) is 10.1. The molecule has 4 rings (SSSR count). The van der Waals surface area contributed by atoms with Crippen molar-refractivity contribution < 1.29 is 13.9 Å². The van der Waals surface area contributed by atoms with Gasteiger partial charge in [-0.3, -0.25) is 14.5 Å². The fourth-order valence-electron chi connectivity index (χ4n) is 3.65. The van der Waals surface area contributed by atoms with Gasteiger partial charge in [-0.15, -0.1) is 0 Å². The molecule has 7 nitrogen and oxygen atoms in total. The molecule has 1 aromatic heterocycles. The van der Waals surface area contributed by atoms with Crippen LogP contribution in [0, 0.1) is 0 Å². The Kier molecular flexibility index (Phi) is 5.99. The number of hydrogen-bond acceptors (Lipinski definition) is 6. The first kappa shape index (κ1) is 20.0. The highest BCUT2D eigenvalue weighted by Gasteiger charge is 2.18. The second-order valence-corrected chi connectivity index (χ2v) is 7.25. The maximum atomic E-state index is 12.4. The van der Waals surface area contributed by atoms with Gasteiger partial charge in [0.05, 0.1) is 12.5 Å². The SMILES string of the molecule is COc1ccc(N2CCN(CCNC(=O)c3cc(=O)c4ccccc4o3)CC2)cc1. The van der Waals surface area contributed by atoms with E-state index in [2.05, 4.69) is 27.2 Å². The van der Waals surface area contributed by atoms with Crippen molar-refractivity contribution in [3.63, 3.8) is 0 Å². The lowest BCUT2D eigenvalue weighted by Gasteiger charge is -2.36. The molecule has 1 amide bonds. The predicted molar refractivity (Wildman–Crippen MR) is 116 cm³/mol. The van der Waals surface area contributed by atoms with Gasteiger partial charge in [0, 0.05) is 51.0 Å². The van der Waals surface area contributed by atoms with E-state index in [9.17, 15) is 9.59 Å². The number of carbonyl (C=O) groups is 1. The molecule has 1 fully saturated rings. The van der Waals surface area contributed by atoms with Crippen molar-refractivity contribution in [2.45, 2.75) is 0 Å². The van der Waals surface area contributed by atoms with Crippen LogP contribution in [0.1, 0.15) is 10.6 Å². The molecule has 0 aliphatic carbocycles. The summed E-state index contributed by atoms with van der Waals surface area (Å²) in [7, 11) is 1.67. The molecule has 2 heterocycles. The quantitative estimate of drug-likeness (QED) is 0.676. The van der Waals surface area contributed by atoms with Crippen molar-refractivity contribution in [1.82, 2.24) is 10.2 Å². The molecule has 0 atom stereocenters. The average Bonchev–Trinajstić information content (AvgIpc) is 2.79. The second-order valence-electron chi connectivity index (χ2n) is 7.25. The summed E-state index contributed by atoms with van der Waals surface area (Å²) < 4.78 is 10.8. The molecule has 7 heteroatoms. The van der Waals surface area contributed by atoms with Gasteiger partial charge in [-0.25, -0.2) is 0 Å². The van der Waals surface area contributed by atoms with E-state index in [-0.39, 0.29) is 17.1 Å². The number of methoxy groups -OCH3 is 1. The summed E-state index contributed by atoms with van der Waals surface area (Å²) in [5.74, 6) is 0.535. The standard InChI is InChI=1S/C23H25N3O4/c1-29-18-8-6-17(7-9-18)26-14-12-25(13-15-26)11-10-24-23(28)22-16-20(27)19-4-2-3-5-21(19)30-22/h2-9,16H,10-15H2,1H3,(H,24,28). The van der Waals surface area contributed by atoms with Crippen molar-refractivity contribution in [3.05, 3.63) is 70.6 Å². The molecule has 0 radical (unpaired) electrons. The molecule has 1 saturated heterocycles. The van der Waals surface area contributed by atoms with E-state index in [1.54, 1.807) is 31.4 Å². The van der Waals surface area contributed by atoms with Gasteiger partial charge in [0.1, 0.15) is 11.3 Å². The van der Waals surface area contributed by atoms with Crippen molar-refractivity contribution in [2.24, 2.45) is 0 Å². The van der Waals surface area contributed by atoms with Crippen molar-refractivity contribution in [2.75, 3.05) is 51.3 Å². The number of carbonyl (C=O) groups excluding carboxylic acids is 1. The zero-order chi connectivity index (χ0) is 20.9. The molecule has 0 spiro atoms. The Hall–Kier alpha value is -3.32. The number of ether oxygens (including phenoxy) is 1. The van der Waals surface area contributed by atoms with E-state index in [0.717, 1.165) is 38.5 Å². The van der Waals surface area contributed by atoms with Crippen LogP contribution < -0.4 is 20.4 Å². The predicted octanol–water partition coefficient (Wildman–Crippen LogP) is 2.35. The lowest BCUT2D eigenvalue weighted by Crippen LogP contribution is -2.48. The first-order valence-electron chi connectivity index (χ1n) is 10.1. The highest BCUT2D eigenvalue weighted by Crippen LogP contribution is 2.20. The minimum absolute atomic E-state index is 0.0445. The average molecular weight is 407 g/mol. The molecule has 156 valence electrons. The molecule has 1 N–H and O–H groups in total. The fraction of sp³-hybridized carbons (Fsp3) is 0.304. The minimum Gasteiger partial charge on any atom is -0.497 e. The lowest BCUT2D eigenvalue weighted by molar-refractivity contribution is 0.0920. The van der Waals surface area contributed by atoms with E-state index in [1.165, 1.54) is 11.8 Å². The molecular formula is C23H25N3O4. The maximum absolute atomic E-state index is 12.4. The highest BCUT2D eigenvalue weighted by molar-refractivity contribution is 5.93. The van der Waals surface area contributed by atoms with Gasteiger partial charge in [0.15, 0.2) is 11.2 Å². The van der Waals surface area contributed by atoms with Crippen LogP contribution in [0.4, 0.5) is 5.69 Å². The molecule has 1 aliphatic heterocycles. The van der Waals surface area contributed by atoms with Gasteiger partial charge in [-0.05, 0) is 36.4 Å². The maximum Gasteiger partial charge on any atom is 0.287 e. The topological polar surface area (TPSA) is 75.0 Å². The molecule has 3 aromatic rings. The number of nitrogens with zero attached hydrogens (tertiary/aromatic N) is 2. The van der Waals surface area contributed by atoms with E-state index >= 15 is 0 Å². The molecule has 0 saturated carbocycles. The Balaban J connectivity index is 1.26. The fourth-order valence-corrected chi connectivity index (χ4v) is 3.65. The summed E-state index contributed by atoms with van der Waals surface area (Å²) in [6.45, 7) is 4.96. The first-order chi connectivity index (χ1) is 14.6. The second kappa shape index (κ2) is 9.00. The molecular weight excluding hydrogens is 382 g/mol. The minimum atomic E-state index is -0.366. The molecule has 0 bridgehead atoms. The smallest absolute Gasteiger partial charge is 0.287 e. The number of anilines is 1. The van der Waals surface area contributed by atoms with Crippen molar-refractivity contribution >= 4 is 22.6 Å². The normalized spacial score (nSPS) is 14.6. The largest absolute Gasteiger partial charge is 0.497 e. The Morgan fingerprint density at radius 2 is 1.80 bits per heavy atom. The van der Waals surface area contributed by atoms with Crippen LogP contribution in [0.2, 0.25) is 0 Å². The number of benzene rings is 2. The third-order valence-electron chi connectivity index (χ3n) is 5.38. The summed E-state index contributed by atoms with van der Waals surface area (Å²) in [6, 6.07) is 16.3. The van der Waals surface area contributed by atoms with Crippen LogP contribution in [0.25, 0.3) is 11.0 Å². The number of rotatable bonds is 6. The van der Waals surface area contributed by atoms with Crippen molar-refractivity contribution in [3.8, 4) is 5.75 Å². The Labute approximate surface area is 174 Å². The number of nitrogens with one attached hydrogen (secondary N) is 1. The van der Waals surface area contributed by atoms with Crippen LogP contribution in [0.5, 0.6) is 5.75 Å². The van der Waals surface area contributed by atoms with Gasteiger partial charge in [0.25, 0.3) is 5.91 Å². The molecule has 2 aromatic carbocycles. The van der Waals surface area contributed by atoms with Crippen LogP contribution in [0.15, 0.2) is 63.8 Å². The Bertz CT molecular complexity index is 1070. The molecule has 0 unspecified atom stereocenters. The number of fused-ring (bicyclic) bond motifs is 1. The number of piperazine rings is 1. The van der Waals surface area contributed by atoms with Crippen LogP contribution in [-0.4, -0.2) is 57.2 Å². The van der Waals surface area contributed by atoms with Gasteiger partial charge in [0.2, 0.25) is 0 Å². The number of hydrogen-bond donors (Lipinski definition) is 1. The van der Waals surface area contributed by atoms with Crippen molar-refractivity contribution in [1.29, 1.82) is 0 Å². The van der Waals surface area contributed by atoms with Gasteiger partial charge >= 0.3 is 0 Å². The van der Waals surface area contributed by atoms with E-state index in [0.29, 0.717) is 17.5 Å². The molecule has 1 aliphatic rings. The van der Waals surface area contributed by atoms with E-state index in [1.807, 2.05) is 12.1 Å².